The molecule has 0 aliphatic heterocycles. The third kappa shape index (κ3) is 3.29. The molecule has 0 bridgehead atoms. The van der Waals surface area contributed by atoms with Gasteiger partial charge in [-0.2, -0.15) is 0 Å². The van der Waals surface area contributed by atoms with Crippen molar-refractivity contribution in [1.29, 1.82) is 0 Å². The number of ether oxygens (including phenoxy) is 2. The molecule has 0 saturated carbocycles. The molecule has 0 aliphatic rings. The van der Waals surface area contributed by atoms with Crippen LogP contribution in [0, 0.1) is 0 Å². The number of carbonyl (C=O) groups excluding carboxylic acids is 1. The molecule has 2 rings (SSSR count). The van der Waals surface area contributed by atoms with Gasteiger partial charge in [0.05, 0.1) is 25.5 Å². The topological polar surface area (TPSA) is 68.7 Å². The summed E-state index contributed by atoms with van der Waals surface area (Å²) in [6.45, 7) is 3.53. The predicted octanol–water partition coefficient (Wildman–Crippen LogP) is 2.58. The number of rotatable bonds is 5. The zero-order valence-corrected chi connectivity index (χ0v) is 12.5. The maximum Gasteiger partial charge on any atom is 0.336 e. The van der Waals surface area contributed by atoms with Crippen molar-refractivity contribution in [3.63, 3.8) is 0 Å². The van der Waals surface area contributed by atoms with Gasteiger partial charge in [-0.3, -0.25) is 0 Å². The van der Waals surface area contributed by atoms with Gasteiger partial charge in [0.25, 0.3) is 0 Å². The zero-order chi connectivity index (χ0) is 15.4. The molecule has 1 aromatic carbocycles. The van der Waals surface area contributed by atoms with Crippen LogP contribution < -0.4 is 4.74 Å². The normalized spacial score (nSPS) is 11.8. The van der Waals surface area contributed by atoms with Crippen molar-refractivity contribution >= 4 is 17.3 Å². The Morgan fingerprint density at radius 1 is 1.33 bits per heavy atom. The highest BCUT2D eigenvalue weighted by Crippen LogP contribution is 2.29. The van der Waals surface area contributed by atoms with Crippen LogP contribution in [0.15, 0.2) is 41.8 Å². The SMILES string of the molecule is C=C(C(=O)OC)C(O)c1csc(-c2ccc(OC)cc2)n1. The molecule has 2 aromatic rings. The van der Waals surface area contributed by atoms with E-state index < -0.39 is 12.1 Å². The Bertz CT molecular complexity index is 648. The Morgan fingerprint density at radius 3 is 2.57 bits per heavy atom. The van der Waals surface area contributed by atoms with Crippen molar-refractivity contribution in [1.82, 2.24) is 4.98 Å². The predicted molar refractivity (Wildman–Crippen MR) is 80.2 cm³/mol. The van der Waals surface area contributed by atoms with E-state index in [4.69, 9.17) is 4.74 Å². The van der Waals surface area contributed by atoms with Gasteiger partial charge >= 0.3 is 5.97 Å². The summed E-state index contributed by atoms with van der Waals surface area (Å²) in [4.78, 5) is 15.7. The summed E-state index contributed by atoms with van der Waals surface area (Å²) in [5.41, 5.74) is 1.24. The lowest BCUT2D eigenvalue weighted by Crippen LogP contribution is -2.12. The standard InChI is InChI=1S/C15H15NO4S/c1-9(15(18)20-3)13(17)12-8-21-14(16-12)10-4-6-11(19-2)7-5-10/h4-8,13,17H,1H2,2-3H3. The van der Waals surface area contributed by atoms with Gasteiger partial charge in [0.15, 0.2) is 0 Å². The average molecular weight is 305 g/mol. The number of aromatic nitrogens is 1. The van der Waals surface area contributed by atoms with Gasteiger partial charge in [-0.1, -0.05) is 6.58 Å². The van der Waals surface area contributed by atoms with Crippen molar-refractivity contribution in [3.8, 4) is 16.3 Å². The monoisotopic (exact) mass is 305 g/mol. The van der Waals surface area contributed by atoms with Gasteiger partial charge in [0, 0.05) is 10.9 Å². The molecule has 1 unspecified atom stereocenters. The number of benzene rings is 1. The van der Waals surface area contributed by atoms with E-state index in [0.717, 1.165) is 16.3 Å². The minimum Gasteiger partial charge on any atom is -0.497 e. The Labute approximate surface area is 126 Å². The van der Waals surface area contributed by atoms with Crippen LogP contribution >= 0.6 is 11.3 Å². The molecular formula is C15H15NO4S. The molecule has 1 aromatic heterocycles. The van der Waals surface area contributed by atoms with E-state index in [9.17, 15) is 9.90 Å². The summed E-state index contributed by atoms with van der Waals surface area (Å²) in [5.74, 6) is 0.108. The minimum absolute atomic E-state index is 0.0379. The molecule has 0 amide bonds. The van der Waals surface area contributed by atoms with Crippen LogP contribution in [0.3, 0.4) is 0 Å². The number of aliphatic hydroxyl groups excluding tert-OH is 1. The van der Waals surface area contributed by atoms with Crippen molar-refractivity contribution in [3.05, 3.63) is 47.5 Å². The Kier molecular flexibility index (Phi) is 4.72. The number of hydrogen-bond donors (Lipinski definition) is 1. The summed E-state index contributed by atoms with van der Waals surface area (Å²) in [7, 11) is 2.84. The van der Waals surface area contributed by atoms with E-state index in [2.05, 4.69) is 16.3 Å². The van der Waals surface area contributed by atoms with E-state index >= 15 is 0 Å². The van der Waals surface area contributed by atoms with Crippen molar-refractivity contribution < 1.29 is 19.4 Å². The van der Waals surface area contributed by atoms with E-state index in [1.165, 1.54) is 18.4 Å². The molecule has 1 atom stereocenters. The molecule has 21 heavy (non-hydrogen) atoms. The number of aliphatic hydroxyl groups is 1. The molecule has 110 valence electrons. The van der Waals surface area contributed by atoms with Crippen molar-refractivity contribution in [2.75, 3.05) is 14.2 Å². The van der Waals surface area contributed by atoms with E-state index in [1.54, 1.807) is 12.5 Å². The highest BCUT2D eigenvalue weighted by Gasteiger charge is 2.21. The van der Waals surface area contributed by atoms with Crippen molar-refractivity contribution in [2.45, 2.75) is 6.10 Å². The zero-order valence-electron chi connectivity index (χ0n) is 11.7. The summed E-state index contributed by atoms with van der Waals surface area (Å²) < 4.78 is 9.63. The molecule has 5 nitrogen and oxygen atoms in total. The van der Waals surface area contributed by atoms with E-state index in [0.29, 0.717) is 5.69 Å². The molecule has 0 radical (unpaired) electrons. The van der Waals surface area contributed by atoms with Crippen LogP contribution in [0.1, 0.15) is 11.8 Å². The number of carbonyl (C=O) groups is 1. The van der Waals surface area contributed by atoms with Gasteiger partial charge in [0.1, 0.15) is 16.9 Å². The first kappa shape index (κ1) is 15.2. The van der Waals surface area contributed by atoms with Crippen LogP contribution in [0.25, 0.3) is 10.6 Å². The molecule has 0 aliphatic carbocycles. The van der Waals surface area contributed by atoms with Gasteiger partial charge in [0.2, 0.25) is 0 Å². The number of methoxy groups -OCH3 is 2. The first-order valence-electron chi connectivity index (χ1n) is 6.12. The third-order valence-corrected chi connectivity index (χ3v) is 3.83. The smallest absolute Gasteiger partial charge is 0.336 e. The minimum atomic E-state index is -1.17. The maximum absolute atomic E-state index is 11.4. The maximum atomic E-state index is 11.4. The quantitative estimate of drug-likeness (QED) is 0.679. The summed E-state index contributed by atoms with van der Waals surface area (Å²) in [6.07, 6.45) is -1.17. The Hall–Kier alpha value is -2.18. The third-order valence-electron chi connectivity index (χ3n) is 2.92. The number of thiazole rings is 1. The molecular weight excluding hydrogens is 290 g/mol. The molecule has 0 fully saturated rings. The van der Waals surface area contributed by atoms with Crippen LogP contribution in [-0.2, 0) is 9.53 Å². The molecule has 1 N–H and O–H groups in total. The highest BCUT2D eigenvalue weighted by molar-refractivity contribution is 7.13. The lowest BCUT2D eigenvalue weighted by Gasteiger charge is -2.08. The lowest BCUT2D eigenvalue weighted by atomic mass is 10.1. The summed E-state index contributed by atoms with van der Waals surface area (Å²) in [6, 6.07) is 7.42. The molecule has 6 heteroatoms. The first-order chi connectivity index (χ1) is 10.1. The fourth-order valence-electron chi connectivity index (χ4n) is 1.70. The van der Waals surface area contributed by atoms with Gasteiger partial charge < -0.3 is 14.6 Å². The van der Waals surface area contributed by atoms with Gasteiger partial charge in [-0.15, -0.1) is 11.3 Å². The molecule has 0 saturated heterocycles. The highest BCUT2D eigenvalue weighted by atomic mass is 32.1. The van der Waals surface area contributed by atoms with Crippen LogP contribution in [0.5, 0.6) is 5.75 Å². The lowest BCUT2D eigenvalue weighted by molar-refractivity contribution is -0.137. The Balaban J connectivity index is 2.20. The molecule has 1 heterocycles. The van der Waals surface area contributed by atoms with E-state index in [-0.39, 0.29) is 5.57 Å². The van der Waals surface area contributed by atoms with Crippen LogP contribution in [0.2, 0.25) is 0 Å². The summed E-state index contributed by atoms with van der Waals surface area (Å²) >= 11 is 1.38. The fourth-order valence-corrected chi connectivity index (χ4v) is 2.54. The van der Waals surface area contributed by atoms with Crippen molar-refractivity contribution in [2.24, 2.45) is 0 Å². The number of nitrogens with zero attached hydrogens (tertiary/aromatic N) is 1. The summed E-state index contributed by atoms with van der Waals surface area (Å²) in [5, 5.41) is 12.5. The van der Waals surface area contributed by atoms with Gasteiger partial charge in [-0.25, -0.2) is 9.78 Å². The van der Waals surface area contributed by atoms with Gasteiger partial charge in [-0.05, 0) is 24.3 Å². The van der Waals surface area contributed by atoms with Crippen LogP contribution in [-0.4, -0.2) is 30.3 Å². The Morgan fingerprint density at radius 2 is 2.00 bits per heavy atom. The average Bonchev–Trinajstić information content (AvgIpc) is 3.02. The fraction of sp³-hybridized carbons (Fsp3) is 0.200. The first-order valence-corrected chi connectivity index (χ1v) is 6.99. The second kappa shape index (κ2) is 6.51. The second-order valence-electron chi connectivity index (χ2n) is 4.23. The number of esters is 1. The number of hydrogen-bond acceptors (Lipinski definition) is 6. The largest absolute Gasteiger partial charge is 0.497 e. The second-order valence-corrected chi connectivity index (χ2v) is 5.08. The van der Waals surface area contributed by atoms with Crippen LogP contribution in [0.4, 0.5) is 0 Å². The van der Waals surface area contributed by atoms with E-state index in [1.807, 2.05) is 24.3 Å². The molecule has 0 spiro atoms.